The molecule has 0 nitrogen and oxygen atoms in total. The van der Waals surface area contributed by atoms with Crippen molar-refractivity contribution in [3.8, 4) is 0 Å². The van der Waals surface area contributed by atoms with E-state index < -0.39 is 0 Å². The Bertz CT molecular complexity index is 303. The van der Waals surface area contributed by atoms with Gasteiger partial charge in [0.15, 0.2) is 0 Å². The second-order valence-electron chi connectivity index (χ2n) is 9.68. The lowest BCUT2D eigenvalue weighted by Crippen LogP contribution is -2.04. The normalized spacial score (nSPS) is 14.4. The average Bonchev–Trinajstić information content (AvgIpc) is 2.72. The van der Waals surface area contributed by atoms with E-state index in [9.17, 15) is 0 Å². The predicted molar refractivity (Wildman–Crippen MR) is 138 cm³/mol. The third-order valence-corrected chi connectivity index (χ3v) is 6.53. The monoisotopic (exact) mass is 408 g/mol. The average molecular weight is 409 g/mol. The van der Waals surface area contributed by atoms with Gasteiger partial charge in [-0.25, -0.2) is 0 Å². The minimum absolute atomic E-state index is 0.757. The topological polar surface area (TPSA) is 0 Å². The zero-order valence-corrected chi connectivity index (χ0v) is 21.9. The number of hydrogen-bond acceptors (Lipinski definition) is 0. The number of unbranched alkanes of at least 4 members (excludes halogenated alkanes) is 11. The van der Waals surface area contributed by atoms with Crippen molar-refractivity contribution in [3.05, 3.63) is 12.2 Å². The van der Waals surface area contributed by atoms with E-state index >= 15 is 0 Å². The first-order valence-electron chi connectivity index (χ1n) is 13.7. The molecule has 0 aromatic carbocycles. The van der Waals surface area contributed by atoms with Crippen LogP contribution in [0.25, 0.3) is 0 Å². The van der Waals surface area contributed by atoms with Crippen LogP contribution in [0.3, 0.4) is 0 Å². The van der Waals surface area contributed by atoms with E-state index in [1.165, 1.54) is 109 Å². The Morgan fingerprint density at radius 2 is 1.03 bits per heavy atom. The van der Waals surface area contributed by atoms with Gasteiger partial charge < -0.3 is 0 Å². The Kier molecular flexibility index (Phi) is 27.5. The van der Waals surface area contributed by atoms with Crippen molar-refractivity contribution in [1.82, 2.24) is 0 Å². The summed E-state index contributed by atoms with van der Waals surface area (Å²) in [6, 6.07) is 0. The molecule has 3 unspecified atom stereocenters. The molecule has 0 rings (SSSR count). The summed E-state index contributed by atoms with van der Waals surface area (Å²) in [5, 5.41) is 0. The minimum atomic E-state index is 0.757. The number of hydrogen-bond donors (Lipinski definition) is 0. The lowest BCUT2D eigenvalue weighted by Gasteiger charge is -2.15. The van der Waals surface area contributed by atoms with Crippen LogP contribution in [0.1, 0.15) is 158 Å². The van der Waals surface area contributed by atoms with Crippen LogP contribution in [0.2, 0.25) is 0 Å². The molecule has 0 radical (unpaired) electrons. The van der Waals surface area contributed by atoms with E-state index in [4.69, 9.17) is 0 Å². The van der Waals surface area contributed by atoms with Crippen molar-refractivity contribution in [2.24, 2.45) is 17.8 Å². The summed E-state index contributed by atoms with van der Waals surface area (Å²) in [6.07, 6.45) is 28.8. The SMILES string of the molecule is CCCC(C)CC.CCCCCCCCCCCCC/C=C/C(C)C(C)CCC. The maximum absolute atomic E-state index is 2.45. The van der Waals surface area contributed by atoms with Crippen molar-refractivity contribution in [2.75, 3.05) is 0 Å². The van der Waals surface area contributed by atoms with Gasteiger partial charge in [-0.2, -0.15) is 0 Å². The van der Waals surface area contributed by atoms with Crippen molar-refractivity contribution in [3.63, 3.8) is 0 Å². The Morgan fingerprint density at radius 1 is 0.552 bits per heavy atom. The molecular weight excluding hydrogens is 348 g/mol. The molecule has 0 bridgehead atoms. The fourth-order valence-electron chi connectivity index (χ4n) is 3.84. The van der Waals surface area contributed by atoms with Crippen LogP contribution in [-0.4, -0.2) is 0 Å². The molecule has 29 heavy (non-hydrogen) atoms. The lowest BCUT2D eigenvalue weighted by atomic mass is 9.91. The summed E-state index contributed by atoms with van der Waals surface area (Å²) in [7, 11) is 0. The quantitative estimate of drug-likeness (QED) is 0.147. The standard InChI is InChI=1S/C22H44.C7H16/c1-5-7-8-9-10-11-12-13-14-15-16-17-18-20-22(4)21(3)19-6-2;1-4-6-7(3)5-2/h18,20-22H,5-17,19H2,1-4H3;7H,4-6H2,1-3H3/b20-18+;. The molecule has 176 valence electrons. The van der Waals surface area contributed by atoms with Gasteiger partial charge in [0.25, 0.3) is 0 Å². The Balaban J connectivity index is 0. The zero-order valence-electron chi connectivity index (χ0n) is 21.9. The van der Waals surface area contributed by atoms with Crippen LogP contribution in [0.15, 0.2) is 12.2 Å². The zero-order chi connectivity index (χ0) is 22.2. The Hall–Kier alpha value is -0.260. The first-order chi connectivity index (χ1) is 14.0. The first kappa shape index (κ1) is 30.9. The predicted octanol–water partition coefficient (Wildman–Crippen LogP) is 11.1. The van der Waals surface area contributed by atoms with Gasteiger partial charge in [0, 0.05) is 0 Å². The fraction of sp³-hybridized carbons (Fsp3) is 0.931. The van der Waals surface area contributed by atoms with Gasteiger partial charge in [-0.1, -0.05) is 157 Å². The molecule has 0 saturated carbocycles. The molecule has 0 heteroatoms. The molecule has 0 heterocycles. The molecule has 0 aliphatic heterocycles. The summed E-state index contributed by atoms with van der Waals surface area (Å²) >= 11 is 0. The highest BCUT2D eigenvalue weighted by molar-refractivity contribution is 4.88. The molecule has 0 N–H and O–H groups in total. The minimum Gasteiger partial charge on any atom is -0.0883 e. The molecular formula is C29H60. The smallest absolute Gasteiger partial charge is 0.0236 e. The van der Waals surface area contributed by atoms with E-state index in [0.717, 1.165) is 17.8 Å². The van der Waals surface area contributed by atoms with E-state index in [-0.39, 0.29) is 0 Å². The summed E-state index contributed by atoms with van der Waals surface area (Å²) in [5.74, 6) is 2.55. The summed E-state index contributed by atoms with van der Waals surface area (Å²) in [5.41, 5.74) is 0. The molecule has 0 aromatic heterocycles. The van der Waals surface area contributed by atoms with Crippen LogP contribution in [-0.2, 0) is 0 Å². The maximum atomic E-state index is 2.45. The van der Waals surface area contributed by atoms with E-state index in [0.29, 0.717) is 0 Å². The van der Waals surface area contributed by atoms with E-state index in [1.54, 1.807) is 0 Å². The van der Waals surface area contributed by atoms with Crippen LogP contribution in [0, 0.1) is 17.8 Å². The fourth-order valence-corrected chi connectivity index (χ4v) is 3.84. The van der Waals surface area contributed by atoms with Crippen LogP contribution >= 0.6 is 0 Å². The molecule has 0 saturated heterocycles. The second-order valence-corrected chi connectivity index (χ2v) is 9.68. The van der Waals surface area contributed by atoms with Gasteiger partial charge in [-0.15, -0.1) is 0 Å². The molecule has 0 fully saturated rings. The van der Waals surface area contributed by atoms with Crippen LogP contribution < -0.4 is 0 Å². The number of allylic oxidation sites excluding steroid dienone is 2. The third-order valence-electron chi connectivity index (χ3n) is 6.53. The molecule has 0 amide bonds. The highest BCUT2D eigenvalue weighted by Gasteiger charge is 2.06. The van der Waals surface area contributed by atoms with Crippen molar-refractivity contribution < 1.29 is 0 Å². The van der Waals surface area contributed by atoms with Crippen LogP contribution in [0.4, 0.5) is 0 Å². The Morgan fingerprint density at radius 3 is 1.45 bits per heavy atom. The van der Waals surface area contributed by atoms with Crippen LogP contribution in [0.5, 0.6) is 0 Å². The summed E-state index contributed by atoms with van der Waals surface area (Å²) in [4.78, 5) is 0. The highest BCUT2D eigenvalue weighted by atomic mass is 14.1. The number of rotatable bonds is 19. The highest BCUT2D eigenvalue weighted by Crippen LogP contribution is 2.18. The maximum Gasteiger partial charge on any atom is -0.0236 e. The third kappa shape index (κ3) is 25.7. The molecule has 0 aliphatic rings. The molecule has 0 aliphatic carbocycles. The molecule has 0 aromatic rings. The van der Waals surface area contributed by atoms with Gasteiger partial charge >= 0.3 is 0 Å². The van der Waals surface area contributed by atoms with E-state index in [1.807, 2.05) is 0 Å². The molecule has 3 atom stereocenters. The van der Waals surface area contributed by atoms with Gasteiger partial charge in [0.05, 0.1) is 0 Å². The van der Waals surface area contributed by atoms with Crippen molar-refractivity contribution >= 4 is 0 Å². The lowest BCUT2D eigenvalue weighted by molar-refractivity contribution is 0.423. The summed E-state index contributed by atoms with van der Waals surface area (Å²) < 4.78 is 0. The van der Waals surface area contributed by atoms with Crippen molar-refractivity contribution in [1.29, 1.82) is 0 Å². The summed E-state index contributed by atoms with van der Waals surface area (Å²) in [6.45, 7) is 16.1. The Labute approximate surface area is 187 Å². The van der Waals surface area contributed by atoms with E-state index in [2.05, 4.69) is 60.6 Å². The van der Waals surface area contributed by atoms with Gasteiger partial charge in [-0.05, 0) is 30.6 Å². The largest absolute Gasteiger partial charge is 0.0883 e. The van der Waals surface area contributed by atoms with Gasteiger partial charge in [0.2, 0.25) is 0 Å². The van der Waals surface area contributed by atoms with Gasteiger partial charge in [0.1, 0.15) is 0 Å². The second kappa shape index (κ2) is 25.8. The van der Waals surface area contributed by atoms with Gasteiger partial charge in [-0.3, -0.25) is 0 Å². The molecule has 0 spiro atoms. The van der Waals surface area contributed by atoms with Crippen molar-refractivity contribution in [2.45, 2.75) is 158 Å². The first-order valence-corrected chi connectivity index (χ1v) is 13.7.